The summed E-state index contributed by atoms with van der Waals surface area (Å²) in [5.74, 6) is -1.12. The number of hydrogen-bond donors (Lipinski definition) is 1. The number of carbonyl (C=O) groups excluding carboxylic acids is 1. The molecule has 0 spiro atoms. The fourth-order valence-corrected chi connectivity index (χ4v) is 2.68. The predicted octanol–water partition coefficient (Wildman–Crippen LogP) is 3.64. The lowest BCUT2D eigenvalue weighted by Crippen LogP contribution is -2.17. The van der Waals surface area contributed by atoms with E-state index in [1.807, 2.05) is 18.2 Å². The zero-order valence-corrected chi connectivity index (χ0v) is 11.5. The minimum Gasteiger partial charge on any atom is -0.454 e. The third kappa shape index (κ3) is 2.75. The van der Waals surface area contributed by atoms with Crippen molar-refractivity contribution in [2.75, 3.05) is 5.73 Å². The number of carbonyl (C=O) groups is 1. The number of halogens is 1. The lowest BCUT2D eigenvalue weighted by molar-refractivity contribution is 0.0256. The normalized spacial score (nSPS) is 17.1. The molecule has 1 aliphatic rings. The molecule has 0 aromatic heterocycles. The van der Waals surface area contributed by atoms with Gasteiger partial charge in [0.15, 0.2) is 0 Å². The number of benzene rings is 2. The Balaban J connectivity index is 1.81. The van der Waals surface area contributed by atoms with E-state index in [-0.39, 0.29) is 17.4 Å². The largest absolute Gasteiger partial charge is 0.454 e. The molecule has 0 amide bonds. The van der Waals surface area contributed by atoms with Gasteiger partial charge in [-0.25, -0.2) is 9.18 Å². The van der Waals surface area contributed by atoms with Gasteiger partial charge in [-0.3, -0.25) is 0 Å². The molecule has 4 heteroatoms. The molecule has 2 aromatic carbocycles. The summed E-state index contributed by atoms with van der Waals surface area (Å²) in [4.78, 5) is 12.2. The molecule has 108 valence electrons. The standard InChI is InChI=1S/C17H16FNO2/c18-14-10-12(8-9-15(14)19)17(20)21-16-7-3-5-11-4-1-2-6-13(11)16/h1-2,4,6,8-10,16H,3,5,7,19H2. The average Bonchev–Trinajstić information content (AvgIpc) is 2.50. The van der Waals surface area contributed by atoms with Gasteiger partial charge in [0.1, 0.15) is 11.9 Å². The van der Waals surface area contributed by atoms with Crippen LogP contribution >= 0.6 is 0 Å². The maximum atomic E-state index is 13.4. The van der Waals surface area contributed by atoms with E-state index >= 15 is 0 Å². The van der Waals surface area contributed by atoms with E-state index in [1.165, 1.54) is 17.7 Å². The fourth-order valence-electron chi connectivity index (χ4n) is 2.68. The van der Waals surface area contributed by atoms with Crippen LogP contribution in [0.5, 0.6) is 0 Å². The van der Waals surface area contributed by atoms with Crippen LogP contribution < -0.4 is 5.73 Å². The highest BCUT2D eigenvalue weighted by atomic mass is 19.1. The Morgan fingerprint density at radius 3 is 2.86 bits per heavy atom. The highest BCUT2D eigenvalue weighted by molar-refractivity contribution is 5.90. The van der Waals surface area contributed by atoms with E-state index in [9.17, 15) is 9.18 Å². The van der Waals surface area contributed by atoms with E-state index in [4.69, 9.17) is 10.5 Å². The van der Waals surface area contributed by atoms with Crippen LogP contribution in [0.25, 0.3) is 0 Å². The van der Waals surface area contributed by atoms with Crippen molar-refractivity contribution in [3.05, 3.63) is 65.0 Å². The Hall–Kier alpha value is -2.36. The maximum absolute atomic E-state index is 13.4. The van der Waals surface area contributed by atoms with Crippen LogP contribution in [0.4, 0.5) is 10.1 Å². The molecule has 0 fully saturated rings. The first-order chi connectivity index (χ1) is 10.1. The second-order valence-corrected chi connectivity index (χ2v) is 5.22. The number of nitrogen functional groups attached to an aromatic ring is 1. The molecule has 0 saturated heterocycles. The van der Waals surface area contributed by atoms with E-state index in [1.54, 1.807) is 0 Å². The van der Waals surface area contributed by atoms with Crippen molar-refractivity contribution < 1.29 is 13.9 Å². The van der Waals surface area contributed by atoms with Crippen molar-refractivity contribution in [3.63, 3.8) is 0 Å². The molecule has 0 aliphatic heterocycles. The molecule has 1 unspecified atom stereocenters. The van der Waals surface area contributed by atoms with Gasteiger partial charge in [-0.15, -0.1) is 0 Å². The van der Waals surface area contributed by atoms with E-state index < -0.39 is 11.8 Å². The van der Waals surface area contributed by atoms with Gasteiger partial charge in [0.25, 0.3) is 0 Å². The van der Waals surface area contributed by atoms with Crippen LogP contribution in [-0.2, 0) is 11.2 Å². The molecule has 0 bridgehead atoms. The number of fused-ring (bicyclic) bond motifs is 1. The van der Waals surface area contributed by atoms with Crippen molar-refractivity contribution in [1.82, 2.24) is 0 Å². The second-order valence-electron chi connectivity index (χ2n) is 5.22. The van der Waals surface area contributed by atoms with Crippen LogP contribution in [0.3, 0.4) is 0 Å². The number of rotatable bonds is 2. The summed E-state index contributed by atoms with van der Waals surface area (Å²) in [5.41, 5.74) is 7.88. The molecule has 1 atom stereocenters. The Labute approximate surface area is 122 Å². The van der Waals surface area contributed by atoms with Crippen LogP contribution in [0.1, 0.15) is 40.4 Å². The molecule has 21 heavy (non-hydrogen) atoms. The predicted molar refractivity (Wildman–Crippen MR) is 78.3 cm³/mol. The number of aryl methyl sites for hydroxylation is 1. The summed E-state index contributed by atoms with van der Waals surface area (Å²) >= 11 is 0. The summed E-state index contributed by atoms with van der Waals surface area (Å²) < 4.78 is 19.0. The van der Waals surface area contributed by atoms with Gasteiger partial charge in [-0.1, -0.05) is 24.3 Å². The Morgan fingerprint density at radius 2 is 2.05 bits per heavy atom. The minimum absolute atomic E-state index is 0.0227. The minimum atomic E-state index is -0.603. The van der Waals surface area contributed by atoms with Crippen molar-refractivity contribution >= 4 is 11.7 Å². The molecule has 1 aliphatic carbocycles. The van der Waals surface area contributed by atoms with Gasteiger partial charge in [0.05, 0.1) is 11.3 Å². The number of esters is 1. The molecule has 0 heterocycles. The third-order valence-corrected chi connectivity index (χ3v) is 3.80. The maximum Gasteiger partial charge on any atom is 0.338 e. The SMILES string of the molecule is Nc1ccc(C(=O)OC2CCCc3ccccc32)cc1F. The van der Waals surface area contributed by atoms with E-state index in [0.29, 0.717) is 0 Å². The molecular formula is C17H16FNO2. The first-order valence-electron chi connectivity index (χ1n) is 6.99. The van der Waals surface area contributed by atoms with Crippen molar-refractivity contribution in [1.29, 1.82) is 0 Å². The molecule has 3 rings (SSSR count). The van der Waals surface area contributed by atoms with Gasteiger partial charge in [-0.2, -0.15) is 0 Å². The first-order valence-corrected chi connectivity index (χ1v) is 6.99. The van der Waals surface area contributed by atoms with Crippen LogP contribution in [0.2, 0.25) is 0 Å². The highest BCUT2D eigenvalue weighted by Gasteiger charge is 2.24. The topological polar surface area (TPSA) is 52.3 Å². The van der Waals surface area contributed by atoms with E-state index in [2.05, 4.69) is 6.07 Å². The van der Waals surface area contributed by atoms with Crippen LogP contribution in [0.15, 0.2) is 42.5 Å². The molecule has 2 N–H and O–H groups in total. The summed E-state index contributed by atoms with van der Waals surface area (Å²) in [6.45, 7) is 0. The number of nitrogens with two attached hydrogens (primary N) is 1. The summed E-state index contributed by atoms with van der Waals surface area (Å²) in [6.07, 6.45) is 2.51. The monoisotopic (exact) mass is 285 g/mol. The summed E-state index contributed by atoms with van der Waals surface area (Å²) in [7, 11) is 0. The van der Waals surface area contributed by atoms with Gasteiger partial charge < -0.3 is 10.5 Å². The van der Waals surface area contributed by atoms with Crippen molar-refractivity contribution in [2.45, 2.75) is 25.4 Å². The van der Waals surface area contributed by atoms with Crippen molar-refractivity contribution in [3.8, 4) is 0 Å². The molecule has 0 radical (unpaired) electrons. The smallest absolute Gasteiger partial charge is 0.338 e. The zero-order valence-electron chi connectivity index (χ0n) is 11.5. The molecular weight excluding hydrogens is 269 g/mol. The van der Waals surface area contributed by atoms with Gasteiger partial charge >= 0.3 is 5.97 Å². The Kier molecular flexibility index (Phi) is 3.60. The molecule has 0 saturated carbocycles. The Bertz CT molecular complexity index is 684. The second kappa shape index (κ2) is 5.56. The molecule has 2 aromatic rings. The van der Waals surface area contributed by atoms with Gasteiger partial charge in [-0.05, 0) is 48.6 Å². The van der Waals surface area contributed by atoms with Crippen molar-refractivity contribution in [2.24, 2.45) is 0 Å². The van der Waals surface area contributed by atoms with E-state index in [0.717, 1.165) is 30.9 Å². The lowest BCUT2D eigenvalue weighted by atomic mass is 9.89. The fraction of sp³-hybridized carbons (Fsp3) is 0.235. The number of hydrogen-bond acceptors (Lipinski definition) is 3. The van der Waals surface area contributed by atoms with Gasteiger partial charge in [0, 0.05) is 0 Å². The van der Waals surface area contributed by atoms with Gasteiger partial charge in [0.2, 0.25) is 0 Å². The van der Waals surface area contributed by atoms with Crippen LogP contribution in [0, 0.1) is 5.82 Å². The summed E-state index contributed by atoms with van der Waals surface area (Å²) in [6, 6.07) is 11.9. The average molecular weight is 285 g/mol. The lowest BCUT2D eigenvalue weighted by Gasteiger charge is -2.25. The third-order valence-electron chi connectivity index (χ3n) is 3.80. The van der Waals surface area contributed by atoms with Crippen LogP contribution in [-0.4, -0.2) is 5.97 Å². The highest BCUT2D eigenvalue weighted by Crippen LogP contribution is 2.33. The molecule has 3 nitrogen and oxygen atoms in total. The number of anilines is 1. The zero-order chi connectivity index (χ0) is 14.8. The Morgan fingerprint density at radius 1 is 1.24 bits per heavy atom. The quantitative estimate of drug-likeness (QED) is 0.677. The first kappa shape index (κ1) is 13.6. The summed E-state index contributed by atoms with van der Waals surface area (Å²) in [5, 5.41) is 0. The number of ether oxygens (including phenoxy) is 1.